The van der Waals surface area contributed by atoms with E-state index in [1.807, 2.05) is 34.8 Å². The van der Waals surface area contributed by atoms with Gasteiger partial charge in [-0.1, -0.05) is 0 Å². The molecule has 2 aromatic rings. The van der Waals surface area contributed by atoms with Crippen LogP contribution in [0.1, 0.15) is 36.0 Å². The number of carbonyl (C=O) groups is 1. The zero-order valence-electron chi connectivity index (χ0n) is 10.9. The fourth-order valence-corrected chi connectivity index (χ4v) is 3.29. The van der Waals surface area contributed by atoms with Gasteiger partial charge in [0.15, 0.2) is 0 Å². The highest BCUT2D eigenvalue weighted by Crippen LogP contribution is 2.30. The Morgan fingerprint density at radius 1 is 1.63 bits per heavy atom. The molecule has 1 amide bonds. The lowest BCUT2D eigenvalue weighted by atomic mass is 10.2. The van der Waals surface area contributed by atoms with Crippen molar-refractivity contribution in [2.24, 2.45) is 0 Å². The van der Waals surface area contributed by atoms with E-state index in [0.717, 1.165) is 36.5 Å². The standard InChI is InChI=1S/C14H17N3OS/c1-10-8-15-14(16-10)12-3-2-5-17(12)13(18)7-11-4-6-19-9-11/h4,6,8-9,12H,2-3,5,7H2,1H3,(H,15,16)/t12-/m0/s1. The third kappa shape index (κ3) is 2.56. The van der Waals surface area contributed by atoms with Crippen LogP contribution in [0.4, 0.5) is 0 Å². The van der Waals surface area contributed by atoms with Gasteiger partial charge in [0.05, 0.1) is 12.5 Å². The van der Waals surface area contributed by atoms with E-state index in [-0.39, 0.29) is 11.9 Å². The normalized spacial score (nSPS) is 19.0. The van der Waals surface area contributed by atoms with Crippen LogP contribution in [0.3, 0.4) is 0 Å². The molecule has 1 aliphatic heterocycles. The maximum Gasteiger partial charge on any atom is 0.227 e. The second-order valence-corrected chi connectivity index (χ2v) is 5.79. The smallest absolute Gasteiger partial charge is 0.227 e. The van der Waals surface area contributed by atoms with Crippen molar-refractivity contribution in [3.63, 3.8) is 0 Å². The van der Waals surface area contributed by atoms with Crippen LogP contribution < -0.4 is 0 Å². The monoisotopic (exact) mass is 275 g/mol. The summed E-state index contributed by atoms with van der Waals surface area (Å²) in [5.74, 6) is 1.13. The van der Waals surface area contributed by atoms with Gasteiger partial charge in [-0.25, -0.2) is 4.98 Å². The molecule has 1 aliphatic rings. The number of hydrogen-bond acceptors (Lipinski definition) is 3. The molecule has 3 heterocycles. The molecule has 5 heteroatoms. The molecule has 4 nitrogen and oxygen atoms in total. The number of aromatic nitrogens is 2. The molecule has 0 radical (unpaired) electrons. The Morgan fingerprint density at radius 3 is 3.21 bits per heavy atom. The topological polar surface area (TPSA) is 49.0 Å². The number of amides is 1. The molecule has 3 rings (SSSR count). The summed E-state index contributed by atoms with van der Waals surface area (Å²) in [5.41, 5.74) is 2.16. The number of thiophene rings is 1. The van der Waals surface area contributed by atoms with E-state index in [1.165, 1.54) is 0 Å². The Balaban J connectivity index is 1.74. The lowest BCUT2D eigenvalue weighted by Gasteiger charge is -2.23. The molecule has 1 N–H and O–H groups in total. The highest BCUT2D eigenvalue weighted by atomic mass is 32.1. The summed E-state index contributed by atoms with van der Waals surface area (Å²) < 4.78 is 0. The van der Waals surface area contributed by atoms with Crippen molar-refractivity contribution < 1.29 is 4.79 Å². The maximum atomic E-state index is 12.4. The Morgan fingerprint density at radius 2 is 2.53 bits per heavy atom. The van der Waals surface area contributed by atoms with Crippen LogP contribution >= 0.6 is 11.3 Å². The average Bonchev–Trinajstić information content (AvgIpc) is 3.07. The molecular formula is C14H17N3OS. The zero-order valence-corrected chi connectivity index (χ0v) is 11.7. The number of imidazole rings is 1. The van der Waals surface area contributed by atoms with Gasteiger partial charge in [0.25, 0.3) is 0 Å². The fraction of sp³-hybridized carbons (Fsp3) is 0.429. The maximum absolute atomic E-state index is 12.4. The van der Waals surface area contributed by atoms with Crippen molar-refractivity contribution in [3.05, 3.63) is 40.1 Å². The van der Waals surface area contributed by atoms with Crippen LogP contribution in [-0.2, 0) is 11.2 Å². The van der Waals surface area contributed by atoms with E-state index in [9.17, 15) is 4.79 Å². The van der Waals surface area contributed by atoms with Gasteiger partial charge in [0.1, 0.15) is 5.82 Å². The minimum absolute atomic E-state index is 0.125. The van der Waals surface area contributed by atoms with E-state index in [4.69, 9.17) is 0 Å². The van der Waals surface area contributed by atoms with E-state index in [0.29, 0.717) is 6.42 Å². The first-order chi connectivity index (χ1) is 9.24. The van der Waals surface area contributed by atoms with E-state index in [2.05, 4.69) is 9.97 Å². The van der Waals surface area contributed by atoms with Crippen molar-refractivity contribution in [1.29, 1.82) is 0 Å². The molecule has 0 bridgehead atoms. The number of likely N-dealkylation sites (tertiary alicyclic amines) is 1. The number of H-pyrrole nitrogens is 1. The quantitative estimate of drug-likeness (QED) is 0.936. The van der Waals surface area contributed by atoms with Gasteiger partial charge in [0.2, 0.25) is 5.91 Å². The largest absolute Gasteiger partial charge is 0.344 e. The van der Waals surface area contributed by atoms with Crippen LogP contribution in [0, 0.1) is 6.92 Å². The summed E-state index contributed by atoms with van der Waals surface area (Å²) >= 11 is 1.64. The SMILES string of the molecule is Cc1cnc([C@@H]2CCCN2C(=O)Cc2ccsc2)[nH]1. The van der Waals surface area contributed by atoms with Crippen LogP contribution in [0.5, 0.6) is 0 Å². The van der Waals surface area contributed by atoms with Gasteiger partial charge in [-0.2, -0.15) is 11.3 Å². The number of aromatic amines is 1. The second kappa shape index (κ2) is 5.17. The van der Waals surface area contributed by atoms with Crippen LogP contribution in [-0.4, -0.2) is 27.3 Å². The molecule has 0 saturated carbocycles. The molecule has 2 aromatic heterocycles. The summed E-state index contributed by atoms with van der Waals surface area (Å²) in [6.07, 6.45) is 4.39. The summed E-state index contributed by atoms with van der Waals surface area (Å²) in [6.45, 7) is 2.83. The zero-order chi connectivity index (χ0) is 13.2. The lowest BCUT2D eigenvalue weighted by molar-refractivity contribution is -0.131. The van der Waals surface area contributed by atoms with Crippen LogP contribution in [0.2, 0.25) is 0 Å². The number of nitrogens with zero attached hydrogens (tertiary/aromatic N) is 2. The summed E-state index contributed by atoms with van der Waals surface area (Å²) in [5, 5.41) is 4.06. The average molecular weight is 275 g/mol. The molecule has 1 atom stereocenters. The number of aryl methyl sites for hydroxylation is 1. The molecule has 19 heavy (non-hydrogen) atoms. The van der Waals surface area contributed by atoms with Gasteiger partial charge in [-0.15, -0.1) is 0 Å². The Kier molecular flexibility index (Phi) is 3.38. The van der Waals surface area contributed by atoms with Crippen molar-refractivity contribution >= 4 is 17.2 Å². The number of carbonyl (C=O) groups excluding carboxylic acids is 1. The fourth-order valence-electron chi connectivity index (χ4n) is 2.62. The molecule has 0 aliphatic carbocycles. The number of nitrogens with one attached hydrogen (secondary N) is 1. The molecule has 1 fully saturated rings. The summed E-state index contributed by atoms with van der Waals surface area (Å²) in [4.78, 5) is 22.0. The van der Waals surface area contributed by atoms with E-state index >= 15 is 0 Å². The molecule has 0 spiro atoms. The molecule has 1 saturated heterocycles. The predicted octanol–water partition coefficient (Wildman–Crippen LogP) is 2.69. The molecule has 0 unspecified atom stereocenters. The lowest BCUT2D eigenvalue weighted by Crippen LogP contribution is -2.32. The second-order valence-electron chi connectivity index (χ2n) is 5.00. The van der Waals surface area contributed by atoms with Gasteiger partial charge >= 0.3 is 0 Å². The van der Waals surface area contributed by atoms with E-state index in [1.54, 1.807) is 11.3 Å². The minimum atomic E-state index is 0.125. The summed E-state index contributed by atoms with van der Waals surface area (Å²) in [7, 11) is 0. The predicted molar refractivity (Wildman–Crippen MR) is 75.0 cm³/mol. The van der Waals surface area contributed by atoms with Crippen molar-refractivity contribution in [2.75, 3.05) is 6.54 Å². The first kappa shape index (κ1) is 12.4. The van der Waals surface area contributed by atoms with Crippen LogP contribution in [0.15, 0.2) is 23.0 Å². The minimum Gasteiger partial charge on any atom is -0.344 e. The first-order valence-electron chi connectivity index (χ1n) is 6.56. The molecule has 0 aromatic carbocycles. The highest BCUT2D eigenvalue weighted by Gasteiger charge is 2.31. The number of rotatable bonds is 3. The van der Waals surface area contributed by atoms with E-state index < -0.39 is 0 Å². The Labute approximate surface area is 116 Å². The van der Waals surface area contributed by atoms with Gasteiger partial charge in [0, 0.05) is 18.4 Å². The molecular weight excluding hydrogens is 258 g/mol. The third-order valence-corrected chi connectivity index (χ3v) is 4.28. The van der Waals surface area contributed by atoms with Crippen molar-refractivity contribution in [2.45, 2.75) is 32.2 Å². The van der Waals surface area contributed by atoms with Gasteiger partial charge in [-0.3, -0.25) is 4.79 Å². The van der Waals surface area contributed by atoms with Gasteiger partial charge in [-0.05, 0) is 42.2 Å². The number of hydrogen-bond donors (Lipinski definition) is 1. The highest BCUT2D eigenvalue weighted by molar-refractivity contribution is 7.07. The van der Waals surface area contributed by atoms with Crippen molar-refractivity contribution in [3.8, 4) is 0 Å². The Bertz CT molecular complexity index is 561. The summed E-state index contributed by atoms with van der Waals surface area (Å²) in [6, 6.07) is 2.14. The Hall–Kier alpha value is -1.62. The first-order valence-corrected chi connectivity index (χ1v) is 7.50. The third-order valence-electron chi connectivity index (χ3n) is 3.55. The van der Waals surface area contributed by atoms with Crippen LogP contribution in [0.25, 0.3) is 0 Å². The molecule has 100 valence electrons. The van der Waals surface area contributed by atoms with Gasteiger partial charge < -0.3 is 9.88 Å². The van der Waals surface area contributed by atoms with Crippen molar-refractivity contribution in [1.82, 2.24) is 14.9 Å².